The van der Waals surface area contributed by atoms with Crippen LogP contribution >= 0.6 is 0 Å². The van der Waals surface area contributed by atoms with Crippen LogP contribution in [0.3, 0.4) is 0 Å². The van der Waals surface area contributed by atoms with Crippen molar-refractivity contribution in [2.24, 2.45) is 11.8 Å². The number of amides is 1. The molecule has 3 N–H and O–H groups in total. The Morgan fingerprint density at radius 2 is 2.25 bits per heavy atom. The molecule has 1 aliphatic heterocycles. The summed E-state index contributed by atoms with van der Waals surface area (Å²) >= 11 is 0. The third-order valence-electron chi connectivity index (χ3n) is 3.21. The van der Waals surface area contributed by atoms with Crippen molar-refractivity contribution in [1.82, 2.24) is 10.6 Å². The summed E-state index contributed by atoms with van der Waals surface area (Å²) in [5.74, 6) is -1.21. The van der Waals surface area contributed by atoms with Crippen LogP contribution in [0.5, 0.6) is 0 Å². The summed E-state index contributed by atoms with van der Waals surface area (Å²) in [6.07, 6.45) is 1.53. The highest BCUT2D eigenvalue weighted by molar-refractivity contribution is 5.85. The number of hydrogen-bond acceptors (Lipinski definition) is 3. The van der Waals surface area contributed by atoms with Gasteiger partial charge in [0.2, 0.25) is 5.91 Å². The second-order valence-corrected chi connectivity index (χ2v) is 4.40. The molecule has 0 aromatic carbocycles. The highest BCUT2D eigenvalue weighted by Gasteiger charge is 2.29. The smallest absolute Gasteiger partial charge is 0.326 e. The molecule has 0 aromatic heterocycles. The third-order valence-corrected chi connectivity index (χ3v) is 3.21. The molecule has 1 fully saturated rings. The Bertz CT molecular complexity index is 262. The van der Waals surface area contributed by atoms with Crippen molar-refractivity contribution in [3.05, 3.63) is 0 Å². The molecule has 0 spiro atoms. The van der Waals surface area contributed by atoms with Crippen LogP contribution in [0.2, 0.25) is 0 Å². The first-order valence-corrected chi connectivity index (χ1v) is 5.80. The molecule has 2 unspecified atom stereocenters. The molecule has 0 aromatic rings. The highest BCUT2D eigenvalue weighted by Crippen LogP contribution is 2.12. The number of carbonyl (C=O) groups excluding carboxylic acids is 1. The van der Waals surface area contributed by atoms with Gasteiger partial charge in [-0.1, -0.05) is 20.3 Å². The van der Waals surface area contributed by atoms with Crippen LogP contribution in [0, 0.1) is 11.8 Å². The molecule has 0 bridgehead atoms. The minimum absolute atomic E-state index is 0.0455. The van der Waals surface area contributed by atoms with Crippen LogP contribution in [-0.4, -0.2) is 36.1 Å². The maximum atomic E-state index is 11.8. The zero-order valence-corrected chi connectivity index (χ0v) is 9.82. The van der Waals surface area contributed by atoms with Gasteiger partial charge in [-0.2, -0.15) is 0 Å². The van der Waals surface area contributed by atoms with Crippen molar-refractivity contribution in [2.45, 2.75) is 32.7 Å². The predicted molar refractivity (Wildman–Crippen MR) is 60.0 cm³/mol. The average Bonchev–Trinajstić information content (AvgIpc) is 2.77. The van der Waals surface area contributed by atoms with Gasteiger partial charge in [-0.25, -0.2) is 4.79 Å². The average molecular weight is 228 g/mol. The van der Waals surface area contributed by atoms with Crippen molar-refractivity contribution in [2.75, 3.05) is 13.1 Å². The number of carboxylic acid groups (broad SMARTS) is 1. The molecule has 1 heterocycles. The van der Waals surface area contributed by atoms with E-state index in [0.29, 0.717) is 6.54 Å². The van der Waals surface area contributed by atoms with E-state index < -0.39 is 12.0 Å². The molecule has 0 radical (unpaired) electrons. The van der Waals surface area contributed by atoms with E-state index >= 15 is 0 Å². The molecule has 92 valence electrons. The summed E-state index contributed by atoms with van der Waals surface area (Å²) in [4.78, 5) is 22.8. The standard InChI is InChI=1S/C11H20N2O3/c1-3-7(2)9(11(15)16)13-10(14)8-4-5-12-6-8/h7-9,12H,3-6H2,1-2H3,(H,13,14)(H,15,16)/t7?,8?,9-/m0/s1. The zero-order chi connectivity index (χ0) is 12.1. The molecule has 16 heavy (non-hydrogen) atoms. The topological polar surface area (TPSA) is 78.4 Å². The summed E-state index contributed by atoms with van der Waals surface area (Å²) in [7, 11) is 0. The molecule has 0 aliphatic carbocycles. The van der Waals surface area contributed by atoms with Crippen LogP contribution in [-0.2, 0) is 9.59 Å². The number of nitrogens with one attached hydrogen (secondary N) is 2. The van der Waals surface area contributed by atoms with E-state index in [9.17, 15) is 9.59 Å². The number of aliphatic carboxylic acids is 1. The van der Waals surface area contributed by atoms with Crippen molar-refractivity contribution in [3.63, 3.8) is 0 Å². The van der Waals surface area contributed by atoms with Gasteiger partial charge >= 0.3 is 5.97 Å². The quantitative estimate of drug-likeness (QED) is 0.628. The fraction of sp³-hybridized carbons (Fsp3) is 0.818. The van der Waals surface area contributed by atoms with E-state index in [1.54, 1.807) is 0 Å². The van der Waals surface area contributed by atoms with Crippen molar-refractivity contribution in [1.29, 1.82) is 0 Å². The van der Waals surface area contributed by atoms with Gasteiger partial charge in [-0.05, 0) is 18.9 Å². The van der Waals surface area contributed by atoms with E-state index in [0.717, 1.165) is 19.4 Å². The molecule has 3 atom stereocenters. The van der Waals surface area contributed by atoms with Gasteiger partial charge in [0, 0.05) is 6.54 Å². The van der Waals surface area contributed by atoms with Crippen molar-refractivity contribution in [3.8, 4) is 0 Å². The van der Waals surface area contributed by atoms with Gasteiger partial charge in [-0.15, -0.1) is 0 Å². The molecular weight excluding hydrogens is 208 g/mol. The Hall–Kier alpha value is -1.10. The van der Waals surface area contributed by atoms with E-state index in [1.165, 1.54) is 0 Å². The minimum Gasteiger partial charge on any atom is -0.480 e. The van der Waals surface area contributed by atoms with Gasteiger partial charge < -0.3 is 15.7 Å². The number of carboxylic acids is 1. The second-order valence-electron chi connectivity index (χ2n) is 4.40. The normalized spacial score (nSPS) is 23.8. The van der Waals surface area contributed by atoms with Gasteiger partial charge in [0.1, 0.15) is 6.04 Å². The SMILES string of the molecule is CCC(C)[C@H](NC(=O)C1CCNC1)C(=O)O. The maximum Gasteiger partial charge on any atom is 0.326 e. The van der Waals surface area contributed by atoms with Crippen LogP contribution < -0.4 is 10.6 Å². The Balaban J connectivity index is 2.53. The zero-order valence-electron chi connectivity index (χ0n) is 9.82. The Morgan fingerprint density at radius 1 is 1.56 bits per heavy atom. The summed E-state index contributed by atoms with van der Waals surface area (Å²) in [6.45, 7) is 5.24. The molecule has 0 saturated carbocycles. The molecule has 1 amide bonds. The first-order valence-electron chi connectivity index (χ1n) is 5.80. The first-order chi connectivity index (χ1) is 7.56. The Kier molecular flexibility index (Phi) is 4.73. The minimum atomic E-state index is -0.950. The van der Waals surface area contributed by atoms with Crippen LogP contribution in [0.25, 0.3) is 0 Å². The van der Waals surface area contributed by atoms with E-state index in [-0.39, 0.29) is 17.7 Å². The second kappa shape index (κ2) is 5.84. The van der Waals surface area contributed by atoms with Crippen LogP contribution in [0.1, 0.15) is 26.7 Å². The molecule has 5 heteroatoms. The molecule has 1 rings (SSSR count). The Morgan fingerprint density at radius 3 is 2.69 bits per heavy atom. The largest absolute Gasteiger partial charge is 0.480 e. The monoisotopic (exact) mass is 228 g/mol. The van der Waals surface area contributed by atoms with Crippen LogP contribution in [0.15, 0.2) is 0 Å². The molecular formula is C11H20N2O3. The van der Waals surface area contributed by atoms with Gasteiger partial charge in [0.15, 0.2) is 0 Å². The predicted octanol–water partition coefficient (Wildman–Crippen LogP) is 0.211. The lowest BCUT2D eigenvalue weighted by molar-refractivity contribution is -0.143. The lowest BCUT2D eigenvalue weighted by Gasteiger charge is -2.21. The summed E-state index contributed by atoms with van der Waals surface area (Å²) < 4.78 is 0. The van der Waals surface area contributed by atoms with E-state index in [2.05, 4.69) is 10.6 Å². The summed E-state index contributed by atoms with van der Waals surface area (Å²) in [6, 6.07) is -0.766. The molecule has 1 aliphatic rings. The van der Waals surface area contributed by atoms with Gasteiger partial charge in [0.25, 0.3) is 0 Å². The summed E-state index contributed by atoms with van der Waals surface area (Å²) in [5, 5.41) is 14.8. The van der Waals surface area contributed by atoms with E-state index in [4.69, 9.17) is 5.11 Å². The van der Waals surface area contributed by atoms with Crippen LogP contribution in [0.4, 0.5) is 0 Å². The first kappa shape index (κ1) is 13.0. The molecule has 1 saturated heterocycles. The van der Waals surface area contributed by atoms with Crippen molar-refractivity contribution < 1.29 is 14.7 Å². The number of carbonyl (C=O) groups is 2. The molecule has 5 nitrogen and oxygen atoms in total. The van der Waals surface area contributed by atoms with Gasteiger partial charge in [0.05, 0.1) is 5.92 Å². The van der Waals surface area contributed by atoms with Gasteiger partial charge in [-0.3, -0.25) is 4.79 Å². The number of rotatable bonds is 5. The highest BCUT2D eigenvalue weighted by atomic mass is 16.4. The Labute approximate surface area is 95.6 Å². The van der Waals surface area contributed by atoms with E-state index in [1.807, 2.05) is 13.8 Å². The fourth-order valence-corrected chi connectivity index (χ4v) is 1.83. The lowest BCUT2D eigenvalue weighted by atomic mass is 9.98. The maximum absolute atomic E-state index is 11.8. The van der Waals surface area contributed by atoms with Crippen molar-refractivity contribution >= 4 is 11.9 Å². The third kappa shape index (κ3) is 3.20. The lowest BCUT2D eigenvalue weighted by Crippen LogP contribution is -2.47. The number of hydrogen-bond donors (Lipinski definition) is 3. The summed E-state index contributed by atoms with van der Waals surface area (Å²) in [5.41, 5.74) is 0. The fourth-order valence-electron chi connectivity index (χ4n) is 1.83.